The fourth-order valence-electron chi connectivity index (χ4n) is 8.02. The number of rotatable bonds is 12. The number of fused-ring (bicyclic) bond motifs is 2. The molecule has 14 nitrogen and oxygen atoms in total. The number of aliphatic carboxylic acids is 2. The molecule has 5 aromatic rings. The van der Waals surface area contributed by atoms with Crippen LogP contribution >= 0.6 is 23.2 Å². The summed E-state index contributed by atoms with van der Waals surface area (Å²) >= 11 is 13.3. The van der Waals surface area contributed by atoms with E-state index in [1.807, 2.05) is 27.7 Å². The Kier molecular flexibility index (Phi) is 13.0. The number of anilines is 2. The lowest BCUT2D eigenvalue weighted by atomic mass is 9.71. The van der Waals surface area contributed by atoms with Crippen LogP contribution in [0, 0.1) is 22.7 Å². The van der Waals surface area contributed by atoms with Crippen molar-refractivity contribution in [1.82, 2.24) is 0 Å². The van der Waals surface area contributed by atoms with Gasteiger partial charge in [-0.15, -0.1) is 10.2 Å². The van der Waals surface area contributed by atoms with E-state index in [1.54, 1.807) is 86.7 Å². The predicted molar refractivity (Wildman–Crippen MR) is 255 cm³/mol. The number of hydrogen-bond donors (Lipinski definition) is 6. The fraction of sp³-hybridized carbons (Fsp3) is 0.240. The molecule has 0 saturated heterocycles. The van der Waals surface area contributed by atoms with Crippen LogP contribution in [0.3, 0.4) is 0 Å². The van der Waals surface area contributed by atoms with E-state index in [0.717, 1.165) is 0 Å². The molecule has 5 aromatic carbocycles. The summed E-state index contributed by atoms with van der Waals surface area (Å²) in [6.45, 7) is 10.9. The first-order valence-electron chi connectivity index (χ1n) is 21.0. The van der Waals surface area contributed by atoms with Crippen molar-refractivity contribution in [2.75, 3.05) is 10.6 Å². The summed E-state index contributed by atoms with van der Waals surface area (Å²) in [4.78, 5) is 52.6. The largest absolute Gasteiger partial charge is 0.505 e. The van der Waals surface area contributed by atoms with Crippen LogP contribution in [0.4, 0.5) is 22.7 Å². The molecule has 16 heteroatoms. The average molecular weight is 930 g/mol. The number of amides is 2. The molecule has 0 radical (unpaired) electrons. The highest BCUT2D eigenvalue weighted by Gasteiger charge is 2.43. The van der Waals surface area contributed by atoms with E-state index in [2.05, 4.69) is 31.1 Å². The second kappa shape index (κ2) is 18.4. The summed E-state index contributed by atoms with van der Waals surface area (Å²) < 4.78 is 0. The summed E-state index contributed by atoms with van der Waals surface area (Å²) in [5.41, 5.74) is -0.433. The molecule has 66 heavy (non-hydrogen) atoms. The molecule has 0 aliphatic heterocycles. The van der Waals surface area contributed by atoms with Crippen molar-refractivity contribution >= 4 is 91.2 Å². The number of phenolic OH excluding ortho intramolecular Hbond substituents is 2. The molecule has 0 aromatic heterocycles. The van der Waals surface area contributed by atoms with Crippen molar-refractivity contribution in [3.8, 4) is 11.5 Å². The number of phenols is 2. The number of carbonyl (C=O) groups is 4. The Hall–Kier alpha value is -7.16. The summed E-state index contributed by atoms with van der Waals surface area (Å²) in [5, 5.41) is 68.4. The quantitative estimate of drug-likeness (QED) is 0.0659. The number of allylic oxidation sites excluding steroid dienone is 6. The minimum Gasteiger partial charge on any atom is -0.505 e. The van der Waals surface area contributed by atoms with Crippen molar-refractivity contribution in [3.63, 3.8) is 0 Å². The second-order valence-corrected chi connectivity index (χ2v) is 17.9. The minimum absolute atomic E-state index is 0.00739. The van der Waals surface area contributed by atoms with Crippen molar-refractivity contribution < 1.29 is 39.6 Å². The molecule has 6 N–H and O–H groups in total. The first kappa shape index (κ1) is 46.8. The highest BCUT2D eigenvalue weighted by Crippen LogP contribution is 2.46. The van der Waals surface area contributed by atoms with E-state index in [0.29, 0.717) is 44.1 Å². The lowest BCUT2D eigenvalue weighted by Crippen LogP contribution is -2.36. The van der Waals surface area contributed by atoms with E-state index in [-0.39, 0.29) is 68.6 Å². The van der Waals surface area contributed by atoms with Gasteiger partial charge in [0.2, 0.25) is 0 Å². The van der Waals surface area contributed by atoms with E-state index < -0.39 is 46.1 Å². The van der Waals surface area contributed by atoms with Crippen LogP contribution in [0.15, 0.2) is 140 Å². The van der Waals surface area contributed by atoms with Crippen LogP contribution in [-0.2, 0) is 9.59 Å². The minimum atomic E-state index is -1.20. The predicted octanol–water partition coefficient (Wildman–Crippen LogP) is 13.3. The van der Waals surface area contributed by atoms with Gasteiger partial charge in [0.05, 0.1) is 54.8 Å². The first-order chi connectivity index (χ1) is 31.3. The third-order valence-corrected chi connectivity index (χ3v) is 13.1. The van der Waals surface area contributed by atoms with Gasteiger partial charge >= 0.3 is 11.9 Å². The van der Waals surface area contributed by atoms with Crippen LogP contribution < -0.4 is 10.6 Å². The van der Waals surface area contributed by atoms with Crippen molar-refractivity contribution in [2.24, 2.45) is 43.1 Å². The molecule has 2 aliphatic rings. The number of carbonyl (C=O) groups excluding carboxylic acids is 2. The summed E-state index contributed by atoms with van der Waals surface area (Å²) in [7, 11) is 0. The lowest BCUT2D eigenvalue weighted by Gasteiger charge is -2.33. The first-order valence-corrected chi connectivity index (χ1v) is 21.7. The van der Waals surface area contributed by atoms with E-state index >= 15 is 0 Å². The number of azo groups is 2. The number of hydrogen-bond acceptors (Lipinski definition) is 10. The summed E-state index contributed by atoms with van der Waals surface area (Å²) in [6.07, 6.45) is 6.89. The molecular formula is C50H46Cl2N6O8. The Balaban J connectivity index is 1.15. The number of carboxylic acid groups (broad SMARTS) is 2. The molecule has 0 heterocycles. The molecule has 338 valence electrons. The maximum absolute atomic E-state index is 13.9. The Morgan fingerprint density at radius 3 is 1.30 bits per heavy atom. The highest BCUT2D eigenvalue weighted by atomic mass is 35.5. The maximum Gasteiger partial charge on any atom is 0.314 e. The number of aromatic hydroxyl groups is 2. The summed E-state index contributed by atoms with van der Waals surface area (Å²) in [6, 6.07) is 19.5. The lowest BCUT2D eigenvalue weighted by molar-refractivity contribution is -0.149. The zero-order chi connectivity index (χ0) is 47.8. The molecule has 0 spiro atoms. The summed E-state index contributed by atoms with van der Waals surface area (Å²) in [5.74, 6) is -5.02. The number of nitrogens with zero attached hydrogens (tertiary/aromatic N) is 4. The van der Waals surface area contributed by atoms with Gasteiger partial charge in [-0.25, -0.2) is 0 Å². The van der Waals surface area contributed by atoms with Crippen molar-refractivity contribution in [3.05, 3.63) is 141 Å². The molecular weight excluding hydrogens is 883 g/mol. The van der Waals surface area contributed by atoms with E-state index in [9.17, 15) is 39.6 Å². The van der Waals surface area contributed by atoms with Crippen LogP contribution in [0.2, 0.25) is 10.0 Å². The third-order valence-electron chi connectivity index (χ3n) is 12.5. The topological polar surface area (TPSA) is 223 Å². The van der Waals surface area contributed by atoms with Crippen LogP contribution in [0.1, 0.15) is 75.1 Å². The van der Waals surface area contributed by atoms with Gasteiger partial charge in [0.1, 0.15) is 11.4 Å². The molecule has 2 aliphatic carbocycles. The molecule has 0 fully saturated rings. The van der Waals surface area contributed by atoms with Crippen LogP contribution in [0.5, 0.6) is 11.5 Å². The van der Waals surface area contributed by atoms with Gasteiger partial charge in [-0.3, -0.25) is 19.2 Å². The van der Waals surface area contributed by atoms with E-state index in [1.165, 1.54) is 24.3 Å². The van der Waals surface area contributed by atoms with Crippen molar-refractivity contribution in [2.45, 2.75) is 54.4 Å². The zero-order valence-electron chi connectivity index (χ0n) is 36.8. The molecule has 2 atom stereocenters. The fourth-order valence-corrected chi connectivity index (χ4v) is 8.44. The Morgan fingerprint density at radius 1 is 0.591 bits per heavy atom. The highest BCUT2D eigenvalue weighted by molar-refractivity contribution is 6.38. The molecule has 2 unspecified atom stereocenters. The average Bonchev–Trinajstić information content (AvgIpc) is 3.27. The van der Waals surface area contributed by atoms with Gasteiger partial charge in [0, 0.05) is 23.6 Å². The number of nitrogens with one attached hydrogen (secondary N) is 2. The third kappa shape index (κ3) is 8.69. The van der Waals surface area contributed by atoms with Gasteiger partial charge in [-0.05, 0) is 71.9 Å². The Bertz CT molecular complexity index is 2870. The monoisotopic (exact) mass is 928 g/mol. The van der Waals surface area contributed by atoms with Gasteiger partial charge in [0.25, 0.3) is 11.8 Å². The molecule has 0 bridgehead atoms. The van der Waals surface area contributed by atoms with E-state index in [4.69, 9.17) is 23.2 Å². The number of halogens is 2. The second-order valence-electron chi connectivity index (χ2n) is 17.1. The van der Waals surface area contributed by atoms with Gasteiger partial charge in [-0.1, -0.05) is 124 Å². The Morgan fingerprint density at radius 2 is 0.955 bits per heavy atom. The maximum atomic E-state index is 13.9. The smallest absolute Gasteiger partial charge is 0.314 e. The zero-order valence-corrected chi connectivity index (χ0v) is 38.3. The van der Waals surface area contributed by atoms with Crippen LogP contribution in [0.25, 0.3) is 21.5 Å². The van der Waals surface area contributed by atoms with Crippen molar-refractivity contribution in [1.29, 1.82) is 0 Å². The molecule has 7 rings (SSSR count). The van der Waals surface area contributed by atoms with Gasteiger partial charge < -0.3 is 31.1 Å². The SMILES string of the molecule is CC1=C(N=Nc2c(O)c(C(=O)Nc3cc(Cl)c(NC(=O)c4cc5ccccc5c(N=NC5=C(C)C=CC(C(=O)O)(C(C)C)C5)c4O)cc3Cl)cc3ccccc23)CC(C(=O)O)(C(C)C)C=C1. The number of benzene rings is 5. The molecule has 2 amide bonds. The van der Waals surface area contributed by atoms with Gasteiger partial charge in [0.15, 0.2) is 11.5 Å². The molecule has 0 saturated carbocycles. The number of carboxylic acids is 2. The van der Waals surface area contributed by atoms with Gasteiger partial charge in [-0.2, -0.15) is 10.2 Å². The van der Waals surface area contributed by atoms with Crippen LogP contribution in [-0.4, -0.2) is 44.2 Å². The Labute approximate surface area is 389 Å². The normalized spacial score (nSPS) is 18.7. The standard InChI is InChI=1S/C50H46Cl2N6O8/c1-25(2)49(47(63)64)17-15-27(5)39(23-49)55-57-41-31-13-9-7-11-29(31)19-33(43(41)59)45(61)53-37-21-36(52)38(22-35(37)51)54-46(62)34-20-30-12-8-10-14-32(30)42(44(34)60)58-56-40-24-50(26(3)4,48(65)66)18-16-28(40)6/h7-22,25-26,59-60H,23-24H2,1-6H3,(H,53,61)(H,54,62)(H,63,64)(H,65,66).